The van der Waals surface area contributed by atoms with E-state index in [0.29, 0.717) is 0 Å². The molecule has 0 saturated heterocycles. The number of anilines is 3. The molecule has 0 bridgehead atoms. The maximum atomic E-state index is 2.49. The predicted molar refractivity (Wildman–Crippen MR) is 204 cm³/mol. The van der Waals surface area contributed by atoms with Crippen molar-refractivity contribution < 1.29 is 0 Å². The Morgan fingerprint density at radius 1 is 0.447 bits per heavy atom. The van der Waals surface area contributed by atoms with Gasteiger partial charge < -0.3 is 4.90 Å². The molecule has 0 fully saturated rings. The summed E-state index contributed by atoms with van der Waals surface area (Å²) in [7, 11) is 0. The second-order valence-electron chi connectivity index (χ2n) is 13.3. The van der Waals surface area contributed by atoms with E-state index in [-0.39, 0.29) is 5.41 Å². The minimum absolute atomic E-state index is 0.0386. The van der Waals surface area contributed by atoms with E-state index in [9.17, 15) is 0 Å². The van der Waals surface area contributed by atoms with Crippen LogP contribution < -0.4 is 4.90 Å². The summed E-state index contributed by atoms with van der Waals surface area (Å²) in [5.41, 5.74) is 9.04. The summed E-state index contributed by atoms with van der Waals surface area (Å²) < 4.78 is 2.62. The van der Waals surface area contributed by atoms with Crippen molar-refractivity contribution >= 4 is 80.9 Å². The monoisotopic (exact) mass is 617 g/mol. The molecule has 0 atom stereocenters. The third kappa shape index (κ3) is 3.83. The summed E-state index contributed by atoms with van der Waals surface area (Å²) >= 11 is 1.87. The molecule has 9 aromatic rings. The van der Waals surface area contributed by atoms with Crippen LogP contribution in [0.15, 0.2) is 152 Å². The van der Waals surface area contributed by atoms with E-state index in [0.717, 1.165) is 11.4 Å². The fraction of sp³-hybridized carbons (Fsp3) is 0.0667. The number of nitrogens with zero attached hydrogens (tertiary/aromatic N) is 1. The summed E-state index contributed by atoms with van der Waals surface area (Å²) in [6.07, 6.45) is 0. The number of fused-ring (bicyclic) bond motifs is 11. The molecule has 8 aromatic carbocycles. The Labute approximate surface area is 278 Å². The van der Waals surface area contributed by atoms with Crippen molar-refractivity contribution in [3.8, 4) is 11.1 Å². The fourth-order valence-electron chi connectivity index (χ4n) is 8.16. The SMILES string of the molecule is CC1(C)c2ccccc2-c2cc3ccc4ccc5cc(N(c6ccccc6)c6cccc7sc8ccccc8c67)ccc5c4c3cc21. The number of rotatable bonds is 3. The normalized spacial score (nSPS) is 13.5. The van der Waals surface area contributed by atoms with Crippen molar-refractivity contribution in [2.45, 2.75) is 19.3 Å². The second kappa shape index (κ2) is 9.78. The van der Waals surface area contributed by atoms with Gasteiger partial charge in [-0.2, -0.15) is 0 Å². The van der Waals surface area contributed by atoms with E-state index in [1.165, 1.54) is 80.4 Å². The molecule has 47 heavy (non-hydrogen) atoms. The molecular formula is C45H31NS. The maximum Gasteiger partial charge on any atom is 0.0554 e. The average molecular weight is 618 g/mol. The molecule has 0 N–H and O–H groups in total. The van der Waals surface area contributed by atoms with Gasteiger partial charge in [0.25, 0.3) is 0 Å². The van der Waals surface area contributed by atoms with Crippen LogP contribution >= 0.6 is 11.3 Å². The molecule has 0 radical (unpaired) electrons. The standard InChI is InChI=1S/C45H31NS/c1-45(2)38-15-8-6-13-34(38)37-26-30-22-20-28-19-21-29-25-32(23-24-33(29)43(28)36(30)27-39(37)45)46(31-11-4-3-5-12-31)40-16-10-18-42-44(40)35-14-7-9-17-41(35)47-42/h3-27H,1-2H3. The summed E-state index contributed by atoms with van der Waals surface area (Å²) in [6, 6.07) is 56.3. The Morgan fingerprint density at radius 2 is 1.17 bits per heavy atom. The van der Waals surface area contributed by atoms with Crippen molar-refractivity contribution in [1.29, 1.82) is 0 Å². The molecule has 1 nitrogen and oxygen atoms in total. The van der Waals surface area contributed by atoms with Crippen LogP contribution in [0.1, 0.15) is 25.0 Å². The Balaban J connectivity index is 1.22. The average Bonchev–Trinajstić information content (AvgIpc) is 3.60. The van der Waals surface area contributed by atoms with Gasteiger partial charge in [0, 0.05) is 37.0 Å². The lowest BCUT2D eigenvalue weighted by Crippen LogP contribution is -2.14. The van der Waals surface area contributed by atoms with E-state index in [2.05, 4.69) is 170 Å². The summed E-state index contributed by atoms with van der Waals surface area (Å²) in [5.74, 6) is 0. The van der Waals surface area contributed by atoms with E-state index >= 15 is 0 Å². The number of thiophene rings is 1. The van der Waals surface area contributed by atoms with Crippen LogP contribution in [-0.4, -0.2) is 0 Å². The Kier molecular flexibility index (Phi) is 5.57. The van der Waals surface area contributed by atoms with Crippen LogP contribution in [0.25, 0.3) is 63.6 Å². The first-order valence-electron chi connectivity index (χ1n) is 16.4. The first kappa shape index (κ1) is 26.7. The van der Waals surface area contributed by atoms with Crippen molar-refractivity contribution in [1.82, 2.24) is 0 Å². The fourth-order valence-corrected chi connectivity index (χ4v) is 9.28. The van der Waals surface area contributed by atoms with Crippen LogP contribution in [0, 0.1) is 0 Å². The highest BCUT2D eigenvalue weighted by Crippen LogP contribution is 2.51. The van der Waals surface area contributed by atoms with Crippen molar-refractivity contribution in [3.05, 3.63) is 163 Å². The summed E-state index contributed by atoms with van der Waals surface area (Å²) in [4.78, 5) is 2.43. The van der Waals surface area contributed by atoms with Gasteiger partial charge in [-0.05, 0) is 109 Å². The predicted octanol–water partition coefficient (Wildman–Crippen LogP) is 13.3. The van der Waals surface area contributed by atoms with Crippen LogP contribution in [0.3, 0.4) is 0 Å². The first-order valence-corrected chi connectivity index (χ1v) is 17.2. The Hall–Kier alpha value is -5.44. The third-order valence-electron chi connectivity index (χ3n) is 10.4. The molecule has 0 saturated carbocycles. The van der Waals surface area contributed by atoms with Gasteiger partial charge in [-0.15, -0.1) is 11.3 Å². The summed E-state index contributed by atoms with van der Waals surface area (Å²) in [5, 5.41) is 10.4. The maximum absolute atomic E-state index is 2.49. The topological polar surface area (TPSA) is 3.24 Å². The second-order valence-corrected chi connectivity index (χ2v) is 14.4. The van der Waals surface area contributed by atoms with Crippen molar-refractivity contribution in [2.75, 3.05) is 4.90 Å². The largest absolute Gasteiger partial charge is 0.310 e. The van der Waals surface area contributed by atoms with Crippen molar-refractivity contribution in [2.24, 2.45) is 0 Å². The van der Waals surface area contributed by atoms with Crippen LogP contribution in [0.5, 0.6) is 0 Å². The molecule has 1 heterocycles. The van der Waals surface area contributed by atoms with E-state index in [4.69, 9.17) is 0 Å². The number of para-hydroxylation sites is 1. The zero-order chi connectivity index (χ0) is 31.3. The van der Waals surface area contributed by atoms with Gasteiger partial charge in [-0.25, -0.2) is 0 Å². The summed E-state index contributed by atoms with van der Waals surface area (Å²) in [6.45, 7) is 4.74. The molecule has 0 amide bonds. The number of hydrogen-bond donors (Lipinski definition) is 0. The van der Waals surface area contributed by atoms with Gasteiger partial charge in [0.15, 0.2) is 0 Å². The minimum Gasteiger partial charge on any atom is -0.310 e. The van der Waals surface area contributed by atoms with Crippen LogP contribution in [0.4, 0.5) is 17.1 Å². The van der Waals surface area contributed by atoms with Gasteiger partial charge >= 0.3 is 0 Å². The van der Waals surface area contributed by atoms with Gasteiger partial charge in [-0.1, -0.05) is 111 Å². The zero-order valence-corrected chi connectivity index (χ0v) is 27.1. The third-order valence-corrected chi connectivity index (χ3v) is 11.5. The molecule has 1 aliphatic rings. The van der Waals surface area contributed by atoms with E-state index < -0.39 is 0 Å². The smallest absolute Gasteiger partial charge is 0.0554 e. The van der Waals surface area contributed by atoms with Gasteiger partial charge in [0.1, 0.15) is 0 Å². The van der Waals surface area contributed by atoms with Crippen molar-refractivity contribution in [3.63, 3.8) is 0 Å². The zero-order valence-electron chi connectivity index (χ0n) is 26.3. The van der Waals surface area contributed by atoms with E-state index in [1.54, 1.807) is 0 Å². The highest BCUT2D eigenvalue weighted by atomic mass is 32.1. The molecule has 2 heteroatoms. The minimum atomic E-state index is -0.0386. The molecule has 10 rings (SSSR count). The lowest BCUT2D eigenvalue weighted by atomic mass is 9.81. The lowest BCUT2D eigenvalue weighted by molar-refractivity contribution is 0.661. The molecule has 0 aliphatic heterocycles. The molecule has 0 unspecified atom stereocenters. The first-order chi connectivity index (χ1) is 23.1. The van der Waals surface area contributed by atoms with Crippen LogP contribution in [0.2, 0.25) is 0 Å². The Bertz CT molecular complexity index is 2720. The van der Waals surface area contributed by atoms with Gasteiger partial charge in [-0.3, -0.25) is 0 Å². The molecule has 222 valence electrons. The lowest BCUT2D eigenvalue weighted by Gasteiger charge is -2.27. The number of benzene rings is 8. The molecule has 1 aliphatic carbocycles. The van der Waals surface area contributed by atoms with Gasteiger partial charge in [0.2, 0.25) is 0 Å². The quantitative estimate of drug-likeness (QED) is 0.178. The van der Waals surface area contributed by atoms with Gasteiger partial charge in [0.05, 0.1) is 5.69 Å². The number of hydrogen-bond acceptors (Lipinski definition) is 2. The highest BCUT2D eigenvalue weighted by Gasteiger charge is 2.35. The Morgan fingerprint density at radius 3 is 2.04 bits per heavy atom. The molecule has 0 spiro atoms. The van der Waals surface area contributed by atoms with E-state index in [1.807, 2.05) is 11.3 Å². The highest BCUT2D eigenvalue weighted by molar-refractivity contribution is 7.26. The molecular weight excluding hydrogens is 587 g/mol. The molecule has 1 aromatic heterocycles. The van der Waals surface area contributed by atoms with Crippen LogP contribution in [-0.2, 0) is 5.41 Å².